The summed E-state index contributed by atoms with van der Waals surface area (Å²) in [6.07, 6.45) is 8.70. The summed E-state index contributed by atoms with van der Waals surface area (Å²) in [5.74, 6) is 0.693. The minimum atomic E-state index is -0.0110. The van der Waals surface area contributed by atoms with Gasteiger partial charge in [0.15, 0.2) is 0 Å². The molecule has 0 heterocycles. The average molecular weight is 240 g/mol. The second-order valence-electron chi connectivity index (χ2n) is 5.65. The van der Waals surface area contributed by atoms with Crippen molar-refractivity contribution >= 4 is 5.91 Å². The van der Waals surface area contributed by atoms with Gasteiger partial charge in [0.2, 0.25) is 5.91 Å². The zero-order valence-electron chi connectivity index (χ0n) is 11.6. The molecule has 0 aromatic rings. The first-order valence-electron chi connectivity index (χ1n) is 7.11. The fourth-order valence-corrected chi connectivity index (χ4v) is 2.63. The number of amides is 1. The molecule has 0 aliphatic heterocycles. The van der Waals surface area contributed by atoms with Gasteiger partial charge in [0.05, 0.1) is 6.04 Å². The lowest BCUT2D eigenvalue weighted by Crippen LogP contribution is -2.48. The Hall–Kier alpha value is -0.570. The summed E-state index contributed by atoms with van der Waals surface area (Å²) in [5.41, 5.74) is 0. The van der Waals surface area contributed by atoms with E-state index in [4.69, 9.17) is 0 Å². The van der Waals surface area contributed by atoms with Gasteiger partial charge in [-0.05, 0) is 25.2 Å². The van der Waals surface area contributed by atoms with Gasteiger partial charge in [0, 0.05) is 13.1 Å². The van der Waals surface area contributed by atoms with Crippen molar-refractivity contribution in [3.8, 4) is 0 Å². The number of rotatable bonds is 5. The van der Waals surface area contributed by atoms with Crippen LogP contribution in [0.3, 0.4) is 0 Å². The molecule has 2 N–H and O–H groups in total. The van der Waals surface area contributed by atoms with E-state index < -0.39 is 0 Å². The molecule has 1 atom stereocenters. The van der Waals surface area contributed by atoms with Gasteiger partial charge in [0.1, 0.15) is 0 Å². The molecule has 0 bridgehead atoms. The highest BCUT2D eigenvalue weighted by Crippen LogP contribution is 2.18. The molecule has 0 spiro atoms. The molecule has 3 nitrogen and oxygen atoms in total. The highest BCUT2D eigenvalue weighted by molar-refractivity contribution is 5.81. The zero-order chi connectivity index (χ0) is 12.7. The Labute approximate surface area is 106 Å². The van der Waals surface area contributed by atoms with Crippen LogP contribution in [0.2, 0.25) is 0 Å². The second kappa shape index (κ2) is 7.70. The number of hydrogen-bond acceptors (Lipinski definition) is 2. The van der Waals surface area contributed by atoms with Crippen molar-refractivity contribution in [2.75, 3.05) is 7.05 Å². The van der Waals surface area contributed by atoms with E-state index in [1.807, 2.05) is 0 Å². The summed E-state index contributed by atoms with van der Waals surface area (Å²) in [6, 6.07) is 0.529. The summed E-state index contributed by atoms with van der Waals surface area (Å²) in [4.78, 5) is 11.8. The first-order valence-corrected chi connectivity index (χ1v) is 7.11. The van der Waals surface area contributed by atoms with Gasteiger partial charge in [-0.1, -0.05) is 39.5 Å². The van der Waals surface area contributed by atoms with Crippen molar-refractivity contribution < 1.29 is 4.79 Å². The molecule has 1 saturated carbocycles. The van der Waals surface area contributed by atoms with Crippen LogP contribution in [0.1, 0.15) is 58.8 Å². The normalized spacial score (nSPS) is 20.0. The Kier molecular flexibility index (Phi) is 6.56. The van der Waals surface area contributed by atoms with Crippen LogP contribution in [0.15, 0.2) is 0 Å². The average Bonchev–Trinajstić information content (AvgIpc) is 2.55. The molecule has 0 saturated heterocycles. The first kappa shape index (κ1) is 14.5. The molecule has 17 heavy (non-hydrogen) atoms. The highest BCUT2D eigenvalue weighted by atomic mass is 16.2. The van der Waals surface area contributed by atoms with Crippen LogP contribution in [0.5, 0.6) is 0 Å². The smallest absolute Gasteiger partial charge is 0.236 e. The highest BCUT2D eigenvalue weighted by Gasteiger charge is 2.22. The molecule has 100 valence electrons. The Morgan fingerprint density at radius 1 is 1.18 bits per heavy atom. The molecule has 1 aliphatic rings. The summed E-state index contributed by atoms with van der Waals surface area (Å²) in [6.45, 7) is 4.34. The van der Waals surface area contributed by atoms with E-state index in [9.17, 15) is 4.79 Å². The van der Waals surface area contributed by atoms with E-state index in [0.717, 1.165) is 6.42 Å². The Bertz CT molecular complexity index is 220. The van der Waals surface area contributed by atoms with Crippen molar-refractivity contribution in [1.82, 2.24) is 10.6 Å². The van der Waals surface area contributed by atoms with Gasteiger partial charge in [-0.25, -0.2) is 0 Å². The molecule has 1 fully saturated rings. The number of likely N-dealkylation sites (N-methyl/N-ethyl adjacent to an activating group) is 1. The number of hydrogen-bond donors (Lipinski definition) is 2. The van der Waals surface area contributed by atoms with Crippen LogP contribution >= 0.6 is 0 Å². The lowest BCUT2D eigenvalue weighted by atomic mass is 10.0. The maximum Gasteiger partial charge on any atom is 0.236 e. The Balaban J connectivity index is 2.48. The Morgan fingerprint density at radius 3 is 2.24 bits per heavy atom. The van der Waals surface area contributed by atoms with Gasteiger partial charge in [-0.2, -0.15) is 0 Å². The predicted octanol–water partition coefficient (Wildman–Crippen LogP) is 2.46. The summed E-state index contributed by atoms with van der Waals surface area (Å²) in [5, 5.41) is 6.34. The molecular weight excluding hydrogens is 212 g/mol. The van der Waals surface area contributed by atoms with E-state index in [0.29, 0.717) is 12.0 Å². The molecule has 1 amide bonds. The molecule has 0 aromatic heterocycles. The molecule has 0 radical (unpaired) electrons. The van der Waals surface area contributed by atoms with Crippen LogP contribution in [-0.2, 0) is 4.79 Å². The predicted molar refractivity (Wildman–Crippen MR) is 71.9 cm³/mol. The van der Waals surface area contributed by atoms with E-state index in [-0.39, 0.29) is 11.9 Å². The van der Waals surface area contributed by atoms with Gasteiger partial charge >= 0.3 is 0 Å². The second-order valence-corrected chi connectivity index (χ2v) is 5.65. The van der Waals surface area contributed by atoms with Crippen molar-refractivity contribution in [2.45, 2.75) is 70.9 Å². The quantitative estimate of drug-likeness (QED) is 0.725. The molecule has 1 unspecified atom stereocenters. The lowest BCUT2D eigenvalue weighted by molar-refractivity contribution is -0.123. The van der Waals surface area contributed by atoms with Crippen molar-refractivity contribution in [2.24, 2.45) is 5.92 Å². The summed E-state index contributed by atoms with van der Waals surface area (Å²) in [7, 11) is 1.73. The molecule has 1 aliphatic carbocycles. The monoisotopic (exact) mass is 240 g/mol. The fourth-order valence-electron chi connectivity index (χ4n) is 2.63. The van der Waals surface area contributed by atoms with E-state index in [1.54, 1.807) is 7.05 Å². The summed E-state index contributed by atoms with van der Waals surface area (Å²) < 4.78 is 0. The number of carbonyl (C=O) groups is 1. The number of nitrogens with one attached hydrogen (secondary N) is 2. The van der Waals surface area contributed by atoms with Crippen LogP contribution in [0.4, 0.5) is 0 Å². The van der Waals surface area contributed by atoms with E-state index in [1.165, 1.54) is 38.5 Å². The van der Waals surface area contributed by atoms with Gasteiger partial charge in [0.25, 0.3) is 0 Å². The SMILES string of the molecule is CNC(=O)C(CC(C)C)NC1CCCCCC1. The largest absolute Gasteiger partial charge is 0.358 e. The van der Waals surface area contributed by atoms with Crippen LogP contribution < -0.4 is 10.6 Å². The van der Waals surface area contributed by atoms with Crippen LogP contribution in [-0.4, -0.2) is 25.0 Å². The van der Waals surface area contributed by atoms with Crippen molar-refractivity contribution in [3.05, 3.63) is 0 Å². The minimum Gasteiger partial charge on any atom is -0.358 e. The van der Waals surface area contributed by atoms with Crippen LogP contribution in [0, 0.1) is 5.92 Å². The van der Waals surface area contributed by atoms with E-state index in [2.05, 4.69) is 24.5 Å². The standard InChI is InChI=1S/C14H28N2O/c1-11(2)10-13(14(17)15-3)16-12-8-6-4-5-7-9-12/h11-13,16H,4-10H2,1-3H3,(H,15,17). The van der Waals surface area contributed by atoms with Gasteiger partial charge < -0.3 is 10.6 Å². The Morgan fingerprint density at radius 2 is 1.76 bits per heavy atom. The third-order valence-electron chi connectivity index (χ3n) is 3.56. The fraction of sp³-hybridized carbons (Fsp3) is 0.929. The van der Waals surface area contributed by atoms with Crippen molar-refractivity contribution in [3.63, 3.8) is 0 Å². The lowest BCUT2D eigenvalue weighted by Gasteiger charge is -2.25. The third-order valence-corrected chi connectivity index (χ3v) is 3.56. The van der Waals surface area contributed by atoms with Gasteiger partial charge in [-0.3, -0.25) is 4.79 Å². The molecule has 1 rings (SSSR count). The topological polar surface area (TPSA) is 41.1 Å². The molecule has 0 aromatic carbocycles. The zero-order valence-corrected chi connectivity index (χ0v) is 11.6. The molecule has 3 heteroatoms. The maximum absolute atomic E-state index is 11.8. The van der Waals surface area contributed by atoms with Crippen LogP contribution in [0.25, 0.3) is 0 Å². The summed E-state index contributed by atoms with van der Waals surface area (Å²) >= 11 is 0. The minimum absolute atomic E-state index is 0.0110. The third kappa shape index (κ3) is 5.53. The van der Waals surface area contributed by atoms with Gasteiger partial charge in [-0.15, -0.1) is 0 Å². The maximum atomic E-state index is 11.8. The molecular formula is C14H28N2O. The first-order chi connectivity index (χ1) is 8.13. The van der Waals surface area contributed by atoms with Crippen molar-refractivity contribution in [1.29, 1.82) is 0 Å². The number of carbonyl (C=O) groups excluding carboxylic acids is 1. The van der Waals surface area contributed by atoms with E-state index >= 15 is 0 Å².